The van der Waals surface area contributed by atoms with Crippen molar-refractivity contribution in [3.8, 4) is 0 Å². The molecule has 54 valence electrons. The number of hydrogen-bond acceptors (Lipinski definition) is 2. The van der Waals surface area contributed by atoms with Crippen molar-refractivity contribution >= 4 is 18.3 Å². The summed E-state index contributed by atoms with van der Waals surface area (Å²) >= 11 is 4.27. The molecule has 1 aromatic rings. The molecule has 1 rings (SSSR count). The summed E-state index contributed by atoms with van der Waals surface area (Å²) in [6.45, 7) is 2.09. The highest BCUT2D eigenvalue weighted by Crippen LogP contribution is 2.20. The fourth-order valence-electron chi connectivity index (χ4n) is 0.896. The van der Waals surface area contributed by atoms with Crippen LogP contribution in [0.25, 0.3) is 0 Å². The molecule has 0 aliphatic heterocycles. The van der Waals surface area contributed by atoms with E-state index in [2.05, 4.69) is 19.6 Å². The summed E-state index contributed by atoms with van der Waals surface area (Å²) in [6.07, 6.45) is 0.990. The minimum Gasteiger partial charge on any atom is -0.398 e. The molecule has 0 saturated heterocycles. The van der Waals surface area contributed by atoms with Gasteiger partial charge in [0.1, 0.15) is 0 Å². The van der Waals surface area contributed by atoms with E-state index in [4.69, 9.17) is 5.73 Å². The number of nitrogens with two attached hydrogens (primary N) is 1. The van der Waals surface area contributed by atoms with Gasteiger partial charge in [-0.3, -0.25) is 0 Å². The van der Waals surface area contributed by atoms with Gasteiger partial charge in [-0.25, -0.2) is 0 Å². The molecule has 0 amide bonds. The Bertz CT molecular complexity index is 233. The van der Waals surface area contributed by atoms with Crippen molar-refractivity contribution in [1.82, 2.24) is 0 Å². The number of rotatable bonds is 1. The van der Waals surface area contributed by atoms with E-state index in [0.717, 1.165) is 17.0 Å². The van der Waals surface area contributed by atoms with Gasteiger partial charge in [0.15, 0.2) is 0 Å². The van der Waals surface area contributed by atoms with Crippen molar-refractivity contribution in [1.29, 1.82) is 0 Å². The zero-order valence-electron chi connectivity index (χ0n) is 5.96. The maximum absolute atomic E-state index is 5.62. The third kappa shape index (κ3) is 1.27. The second-order valence-corrected chi connectivity index (χ2v) is 2.66. The van der Waals surface area contributed by atoms with Gasteiger partial charge in [-0.1, -0.05) is 19.1 Å². The number of benzene rings is 1. The minimum atomic E-state index is 0.766. The van der Waals surface area contributed by atoms with E-state index in [0.29, 0.717) is 0 Å². The van der Waals surface area contributed by atoms with E-state index in [1.807, 2.05) is 18.2 Å². The smallest absolute Gasteiger partial charge is 0.0452 e. The zero-order valence-corrected chi connectivity index (χ0v) is 6.86. The van der Waals surface area contributed by atoms with Gasteiger partial charge in [0.25, 0.3) is 0 Å². The minimum absolute atomic E-state index is 0.766. The van der Waals surface area contributed by atoms with E-state index in [9.17, 15) is 0 Å². The highest BCUT2D eigenvalue weighted by Gasteiger charge is 1.97. The Balaban J connectivity index is 3.14. The van der Waals surface area contributed by atoms with Gasteiger partial charge in [-0.2, -0.15) is 0 Å². The number of hydrogen-bond donors (Lipinski definition) is 2. The SMILES string of the molecule is CCc1cccc(N)c1S. The van der Waals surface area contributed by atoms with Gasteiger partial charge in [0.2, 0.25) is 0 Å². The van der Waals surface area contributed by atoms with Crippen LogP contribution in [0.5, 0.6) is 0 Å². The maximum atomic E-state index is 5.62. The Kier molecular flexibility index (Phi) is 2.22. The molecule has 2 heteroatoms. The lowest BCUT2D eigenvalue weighted by Crippen LogP contribution is -1.90. The lowest BCUT2D eigenvalue weighted by atomic mass is 10.1. The Morgan fingerprint density at radius 3 is 2.70 bits per heavy atom. The predicted octanol–water partition coefficient (Wildman–Crippen LogP) is 2.12. The predicted molar refractivity (Wildman–Crippen MR) is 47.5 cm³/mol. The Morgan fingerprint density at radius 2 is 2.20 bits per heavy atom. The molecule has 0 fully saturated rings. The standard InChI is InChI=1S/C8H11NS/c1-2-6-4-3-5-7(9)8(6)10/h3-5,10H,2,9H2,1H3. The molecule has 0 aliphatic carbocycles. The van der Waals surface area contributed by atoms with Gasteiger partial charge in [-0.15, -0.1) is 12.6 Å². The lowest BCUT2D eigenvalue weighted by molar-refractivity contribution is 1.09. The Morgan fingerprint density at radius 1 is 1.50 bits per heavy atom. The van der Waals surface area contributed by atoms with Gasteiger partial charge in [-0.05, 0) is 18.1 Å². The quantitative estimate of drug-likeness (QED) is 0.469. The van der Waals surface area contributed by atoms with Gasteiger partial charge < -0.3 is 5.73 Å². The summed E-state index contributed by atoms with van der Waals surface area (Å²) < 4.78 is 0. The second kappa shape index (κ2) is 2.97. The fraction of sp³-hybridized carbons (Fsp3) is 0.250. The summed E-state index contributed by atoms with van der Waals surface area (Å²) in [5.41, 5.74) is 7.60. The molecule has 0 heterocycles. The van der Waals surface area contributed by atoms with Gasteiger partial charge in [0.05, 0.1) is 0 Å². The second-order valence-electron chi connectivity index (χ2n) is 2.21. The summed E-state index contributed by atoms with van der Waals surface area (Å²) in [5.74, 6) is 0. The van der Waals surface area contributed by atoms with Crippen LogP contribution in [-0.2, 0) is 6.42 Å². The molecule has 1 aromatic carbocycles. The average molecular weight is 153 g/mol. The van der Waals surface area contributed by atoms with Crippen molar-refractivity contribution < 1.29 is 0 Å². The average Bonchev–Trinajstić information content (AvgIpc) is 1.95. The van der Waals surface area contributed by atoms with Crippen LogP contribution in [0.4, 0.5) is 5.69 Å². The third-order valence-corrected chi connectivity index (χ3v) is 2.08. The van der Waals surface area contributed by atoms with Crippen LogP contribution in [0, 0.1) is 0 Å². The molecule has 0 bridgehead atoms. The number of anilines is 1. The molecule has 2 N–H and O–H groups in total. The molecule has 0 spiro atoms. The van der Waals surface area contributed by atoms with Crippen LogP contribution in [0.2, 0.25) is 0 Å². The molecule has 10 heavy (non-hydrogen) atoms. The largest absolute Gasteiger partial charge is 0.398 e. The van der Waals surface area contributed by atoms with E-state index in [1.165, 1.54) is 5.56 Å². The summed E-state index contributed by atoms with van der Waals surface area (Å²) in [7, 11) is 0. The van der Waals surface area contributed by atoms with Crippen LogP contribution >= 0.6 is 12.6 Å². The molecule has 1 nitrogen and oxygen atoms in total. The number of nitrogen functional groups attached to an aromatic ring is 1. The maximum Gasteiger partial charge on any atom is 0.0452 e. The Hall–Kier alpha value is -0.630. The van der Waals surface area contributed by atoms with Crippen molar-refractivity contribution in [3.05, 3.63) is 23.8 Å². The van der Waals surface area contributed by atoms with Crippen LogP contribution < -0.4 is 5.73 Å². The first kappa shape index (κ1) is 7.48. The molecule has 0 unspecified atom stereocenters. The van der Waals surface area contributed by atoms with Crippen LogP contribution in [0.15, 0.2) is 23.1 Å². The van der Waals surface area contributed by atoms with Crippen molar-refractivity contribution in [3.63, 3.8) is 0 Å². The van der Waals surface area contributed by atoms with E-state index >= 15 is 0 Å². The first-order valence-electron chi connectivity index (χ1n) is 3.32. The first-order chi connectivity index (χ1) is 4.75. The highest BCUT2D eigenvalue weighted by molar-refractivity contribution is 7.80. The third-order valence-electron chi connectivity index (χ3n) is 1.53. The molecule has 0 radical (unpaired) electrons. The van der Waals surface area contributed by atoms with Gasteiger partial charge >= 0.3 is 0 Å². The van der Waals surface area contributed by atoms with E-state index in [-0.39, 0.29) is 0 Å². The molecule has 0 aliphatic rings. The summed E-state index contributed by atoms with van der Waals surface area (Å²) in [6, 6.07) is 5.86. The summed E-state index contributed by atoms with van der Waals surface area (Å²) in [4.78, 5) is 0.921. The van der Waals surface area contributed by atoms with Crippen LogP contribution in [0.1, 0.15) is 12.5 Å². The molecule has 0 saturated carbocycles. The monoisotopic (exact) mass is 153 g/mol. The summed E-state index contributed by atoms with van der Waals surface area (Å²) in [5, 5.41) is 0. The molecule has 0 aromatic heterocycles. The Labute approximate surface area is 66.7 Å². The lowest BCUT2D eigenvalue weighted by Gasteiger charge is -2.03. The van der Waals surface area contributed by atoms with Crippen molar-refractivity contribution in [2.45, 2.75) is 18.2 Å². The highest BCUT2D eigenvalue weighted by atomic mass is 32.1. The topological polar surface area (TPSA) is 26.0 Å². The van der Waals surface area contributed by atoms with Gasteiger partial charge in [0, 0.05) is 10.6 Å². The van der Waals surface area contributed by atoms with E-state index < -0.39 is 0 Å². The molecule has 0 atom stereocenters. The first-order valence-corrected chi connectivity index (χ1v) is 3.76. The van der Waals surface area contributed by atoms with E-state index in [1.54, 1.807) is 0 Å². The normalized spacial score (nSPS) is 9.80. The zero-order chi connectivity index (χ0) is 7.56. The van der Waals surface area contributed by atoms with Crippen LogP contribution in [-0.4, -0.2) is 0 Å². The van der Waals surface area contributed by atoms with Crippen LogP contribution in [0.3, 0.4) is 0 Å². The molecular weight excluding hydrogens is 142 g/mol. The van der Waals surface area contributed by atoms with Crippen molar-refractivity contribution in [2.24, 2.45) is 0 Å². The fourth-order valence-corrected chi connectivity index (χ4v) is 1.20. The van der Waals surface area contributed by atoms with Crippen molar-refractivity contribution in [2.75, 3.05) is 5.73 Å². The molecular formula is C8H11NS. The number of aryl methyl sites for hydroxylation is 1. The number of thiol groups is 1.